The van der Waals surface area contributed by atoms with Crippen molar-refractivity contribution in [1.29, 1.82) is 0 Å². The summed E-state index contributed by atoms with van der Waals surface area (Å²) in [6.45, 7) is 0. The number of benzene rings is 1. The first kappa shape index (κ1) is 13.4. The van der Waals surface area contributed by atoms with Crippen LogP contribution in [0.5, 0.6) is 0 Å². The Bertz CT molecular complexity index is 715. The van der Waals surface area contributed by atoms with Gasteiger partial charge in [-0.1, -0.05) is 24.0 Å². The number of carbonyl (C=O) groups is 1. The zero-order valence-corrected chi connectivity index (χ0v) is 10.9. The summed E-state index contributed by atoms with van der Waals surface area (Å²) in [7, 11) is 1.27. The van der Waals surface area contributed by atoms with E-state index in [9.17, 15) is 4.79 Å². The molecule has 1 aromatic carbocycles. The molecule has 0 amide bonds. The van der Waals surface area contributed by atoms with Crippen LogP contribution in [0.3, 0.4) is 0 Å². The molecule has 0 spiro atoms. The third-order valence-corrected chi connectivity index (χ3v) is 2.60. The second-order valence-corrected chi connectivity index (χ2v) is 3.99. The van der Waals surface area contributed by atoms with Crippen LogP contribution in [0.2, 0.25) is 0 Å². The molecule has 0 radical (unpaired) electrons. The van der Waals surface area contributed by atoms with Crippen LogP contribution in [0.1, 0.15) is 21.6 Å². The SMILES string of the molecule is COC(=O)c1ncc(C#Cc2ccccc2N)cc1N. The van der Waals surface area contributed by atoms with Gasteiger partial charge in [0.05, 0.1) is 12.8 Å². The van der Waals surface area contributed by atoms with E-state index in [1.807, 2.05) is 18.2 Å². The van der Waals surface area contributed by atoms with Crippen LogP contribution in [-0.4, -0.2) is 18.1 Å². The maximum Gasteiger partial charge on any atom is 0.358 e. The van der Waals surface area contributed by atoms with E-state index in [2.05, 4.69) is 21.6 Å². The Kier molecular flexibility index (Phi) is 3.87. The van der Waals surface area contributed by atoms with Crippen LogP contribution < -0.4 is 11.5 Å². The molecule has 1 aromatic heterocycles. The molecule has 0 aliphatic rings. The van der Waals surface area contributed by atoms with Crippen molar-refractivity contribution in [2.24, 2.45) is 0 Å². The van der Waals surface area contributed by atoms with Gasteiger partial charge in [-0.05, 0) is 18.2 Å². The molecule has 20 heavy (non-hydrogen) atoms. The molecule has 0 bridgehead atoms. The van der Waals surface area contributed by atoms with E-state index >= 15 is 0 Å². The van der Waals surface area contributed by atoms with Crippen molar-refractivity contribution in [2.75, 3.05) is 18.6 Å². The minimum absolute atomic E-state index is 0.0808. The number of para-hydroxylation sites is 1. The Labute approximate surface area is 116 Å². The number of nitrogen functional groups attached to an aromatic ring is 2. The Morgan fingerprint density at radius 3 is 2.60 bits per heavy atom. The van der Waals surface area contributed by atoms with E-state index in [1.54, 1.807) is 12.1 Å². The van der Waals surface area contributed by atoms with Gasteiger partial charge in [-0.25, -0.2) is 9.78 Å². The molecule has 0 saturated heterocycles. The highest BCUT2D eigenvalue weighted by Crippen LogP contribution is 2.12. The number of hydrogen-bond acceptors (Lipinski definition) is 5. The van der Waals surface area contributed by atoms with E-state index in [0.29, 0.717) is 11.3 Å². The van der Waals surface area contributed by atoms with Crippen molar-refractivity contribution in [2.45, 2.75) is 0 Å². The highest BCUT2D eigenvalue weighted by Gasteiger charge is 2.11. The normalized spacial score (nSPS) is 9.45. The van der Waals surface area contributed by atoms with Gasteiger partial charge in [0, 0.05) is 23.0 Å². The third kappa shape index (κ3) is 2.87. The molecule has 5 nitrogen and oxygen atoms in total. The molecule has 0 fully saturated rings. The fourth-order valence-electron chi connectivity index (χ4n) is 1.57. The number of esters is 1. The zero-order chi connectivity index (χ0) is 14.5. The standard InChI is InChI=1S/C15H13N3O2/c1-20-15(19)14-13(17)8-10(9-18-14)6-7-11-4-2-3-5-12(11)16/h2-5,8-9H,16-17H2,1H3. The van der Waals surface area contributed by atoms with Gasteiger partial charge >= 0.3 is 5.97 Å². The average molecular weight is 267 g/mol. The Balaban J connectivity index is 2.31. The van der Waals surface area contributed by atoms with E-state index < -0.39 is 5.97 Å². The van der Waals surface area contributed by atoms with E-state index in [4.69, 9.17) is 11.5 Å². The molecular formula is C15H13N3O2. The fourth-order valence-corrected chi connectivity index (χ4v) is 1.57. The van der Waals surface area contributed by atoms with Crippen LogP contribution in [0.25, 0.3) is 0 Å². The molecule has 1 heterocycles. The number of methoxy groups -OCH3 is 1. The first-order valence-electron chi connectivity index (χ1n) is 5.82. The minimum atomic E-state index is -0.575. The predicted molar refractivity (Wildman–Crippen MR) is 76.8 cm³/mol. The molecule has 0 aliphatic heterocycles. The van der Waals surface area contributed by atoms with Gasteiger partial charge in [0.1, 0.15) is 0 Å². The van der Waals surface area contributed by atoms with Crippen molar-refractivity contribution in [1.82, 2.24) is 4.98 Å². The van der Waals surface area contributed by atoms with Gasteiger partial charge in [0.2, 0.25) is 0 Å². The molecule has 2 rings (SSSR count). The van der Waals surface area contributed by atoms with Gasteiger partial charge in [-0.2, -0.15) is 0 Å². The first-order valence-corrected chi connectivity index (χ1v) is 5.82. The average Bonchev–Trinajstić information content (AvgIpc) is 2.46. The monoisotopic (exact) mass is 267 g/mol. The second kappa shape index (κ2) is 5.76. The predicted octanol–water partition coefficient (Wildman–Crippen LogP) is 1.43. The van der Waals surface area contributed by atoms with E-state index in [1.165, 1.54) is 13.3 Å². The van der Waals surface area contributed by atoms with Crippen LogP contribution in [0.15, 0.2) is 36.5 Å². The lowest BCUT2D eigenvalue weighted by atomic mass is 10.1. The lowest BCUT2D eigenvalue weighted by Crippen LogP contribution is -2.08. The summed E-state index contributed by atoms with van der Waals surface area (Å²) in [6.07, 6.45) is 1.47. The summed E-state index contributed by atoms with van der Waals surface area (Å²) < 4.78 is 4.57. The number of aromatic nitrogens is 1. The number of rotatable bonds is 1. The Morgan fingerprint density at radius 2 is 1.95 bits per heavy atom. The number of carbonyl (C=O) groups excluding carboxylic acids is 1. The van der Waals surface area contributed by atoms with Crippen LogP contribution in [0, 0.1) is 11.8 Å². The molecule has 0 atom stereocenters. The lowest BCUT2D eigenvalue weighted by Gasteiger charge is -2.02. The fraction of sp³-hybridized carbons (Fsp3) is 0.0667. The van der Waals surface area contributed by atoms with E-state index in [-0.39, 0.29) is 11.4 Å². The third-order valence-electron chi connectivity index (χ3n) is 2.60. The highest BCUT2D eigenvalue weighted by atomic mass is 16.5. The molecule has 0 saturated carbocycles. The molecule has 4 N–H and O–H groups in total. The number of anilines is 2. The highest BCUT2D eigenvalue weighted by molar-refractivity contribution is 5.92. The van der Waals surface area contributed by atoms with Crippen molar-refractivity contribution in [3.05, 3.63) is 53.3 Å². The maximum absolute atomic E-state index is 11.4. The summed E-state index contributed by atoms with van der Waals surface area (Å²) >= 11 is 0. The van der Waals surface area contributed by atoms with Gasteiger partial charge in [-0.3, -0.25) is 0 Å². The topological polar surface area (TPSA) is 91.2 Å². The van der Waals surface area contributed by atoms with Gasteiger partial charge in [0.15, 0.2) is 5.69 Å². The first-order chi connectivity index (χ1) is 9.61. The van der Waals surface area contributed by atoms with Gasteiger partial charge in [-0.15, -0.1) is 0 Å². The molecule has 0 unspecified atom stereocenters. The minimum Gasteiger partial charge on any atom is -0.464 e. The second-order valence-electron chi connectivity index (χ2n) is 3.99. The summed E-state index contributed by atoms with van der Waals surface area (Å²) in [4.78, 5) is 15.3. The van der Waals surface area contributed by atoms with Crippen molar-refractivity contribution in [3.63, 3.8) is 0 Å². The number of nitrogens with zero attached hydrogens (tertiary/aromatic N) is 1. The Hall–Kier alpha value is -3.00. The molecule has 100 valence electrons. The lowest BCUT2D eigenvalue weighted by molar-refractivity contribution is 0.0595. The van der Waals surface area contributed by atoms with Crippen molar-refractivity contribution >= 4 is 17.3 Å². The number of nitrogens with two attached hydrogens (primary N) is 2. The summed E-state index contributed by atoms with van der Waals surface area (Å²) in [5, 5.41) is 0. The number of ether oxygens (including phenoxy) is 1. The van der Waals surface area contributed by atoms with Gasteiger partial charge in [0.25, 0.3) is 0 Å². The van der Waals surface area contributed by atoms with Gasteiger partial charge < -0.3 is 16.2 Å². The molecular weight excluding hydrogens is 254 g/mol. The molecule has 2 aromatic rings. The Morgan fingerprint density at radius 1 is 1.20 bits per heavy atom. The smallest absolute Gasteiger partial charge is 0.358 e. The number of pyridine rings is 1. The van der Waals surface area contributed by atoms with Crippen molar-refractivity contribution < 1.29 is 9.53 Å². The molecule has 5 heteroatoms. The van der Waals surface area contributed by atoms with Crippen LogP contribution in [-0.2, 0) is 4.74 Å². The number of hydrogen-bond donors (Lipinski definition) is 2. The summed E-state index contributed by atoms with van der Waals surface area (Å²) in [5.74, 6) is 5.26. The van der Waals surface area contributed by atoms with Crippen LogP contribution in [0.4, 0.5) is 11.4 Å². The van der Waals surface area contributed by atoms with Crippen molar-refractivity contribution in [3.8, 4) is 11.8 Å². The quantitative estimate of drug-likeness (QED) is 0.463. The van der Waals surface area contributed by atoms with E-state index in [0.717, 1.165) is 5.56 Å². The summed E-state index contributed by atoms with van der Waals surface area (Å²) in [5.41, 5.74) is 13.8. The molecule has 0 aliphatic carbocycles. The maximum atomic E-state index is 11.4. The zero-order valence-electron chi connectivity index (χ0n) is 10.9. The summed E-state index contributed by atoms with van der Waals surface area (Å²) in [6, 6.07) is 8.86. The largest absolute Gasteiger partial charge is 0.464 e. The van der Waals surface area contributed by atoms with Crippen LogP contribution >= 0.6 is 0 Å².